The van der Waals surface area contributed by atoms with Crippen molar-refractivity contribution in [1.29, 1.82) is 0 Å². The molecule has 0 atom stereocenters. The van der Waals surface area contributed by atoms with Gasteiger partial charge >= 0.3 is 0 Å². The van der Waals surface area contributed by atoms with Crippen molar-refractivity contribution < 1.29 is 15.0 Å². The molecule has 2 N–H and O–H groups in total. The standard InChI is InChI=1S/C14H13BrO3/c1-2-3-12(16)11-7-8-6-9(15)4-5-10(8)13(17)14(11)18/h4-7,17-18H,2-3H2,1H3. The number of phenolic OH excluding ortho intramolecular Hbond substituents is 2. The average molecular weight is 309 g/mol. The molecule has 0 bridgehead atoms. The zero-order valence-electron chi connectivity index (χ0n) is 9.90. The van der Waals surface area contributed by atoms with Crippen molar-refractivity contribution in [3.63, 3.8) is 0 Å². The SMILES string of the molecule is CCCC(=O)c1cc2cc(Br)ccc2c(O)c1O. The van der Waals surface area contributed by atoms with E-state index in [1.807, 2.05) is 6.92 Å². The molecule has 2 aromatic rings. The maximum Gasteiger partial charge on any atom is 0.169 e. The summed E-state index contributed by atoms with van der Waals surface area (Å²) in [6.45, 7) is 1.90. The van der Waals surface area contributed by atoms with Crippen molar-refractivity contribution in [3.8, 4) is 11.5 Å². The van der Waals surface area contributed by atoms with E-state index in [0.29, 0.717) is 18.2 Å². The Morgan fingerprint density at radius 3 is 2.61 bits per heavy atom. The Hall–Kier alpha value is -1.55. The van der Waals surface area contributed by atoms with Gasteiger partial charge in [-0.1, -0.05) is 22.9 Å². The van der Waals surface area contributed by atoms with Crippen molar-refractivity contribution in [2.45, 2.75) is 19.8 Å². The van der Waals surface area contributed by atoms with Gasteiger partial charge in [0.2, 0.25) is 0 Å². The largest absolute Gasteiger partial charge is 0.504 e. The third kappa shape index (κ3) is 2.20. The topological polar surface area (TPSA) is 57.5 Å². The molecule has 2 rings (SSSR count). The van der Waals surface area contributed by atoms with Gasteiger partial charge in [0.05, 0.1) is 5.56 Å². The Bertz CT molecular complexity index is 620. The third-order valence-corrected chi connectivity index (χ3v) is 3.32. The van der Waals surface area contributed by atoms with Gasteiger partial charge < -0.3 is 10.2 Å². The second-order valence-electron chi connectivity index (χ2n) is 4.16. The zero-order valence-corrected chi connectivity index (χ0v) is 11.5. The van der Waals surface area contributed by atoms with Gasteiger partial charge in [-0.15, -0.1) is 0 Å². The number of Topliss-reactive ketones (excluding diaryl/α,β-unsaturated/α-hetero) is 1. The van der Waals surface area contributed by atoms with Crippen LogP contribution in [-0.4, -0.2) is 16.0 Å². The lowest BCUT2D eigenvalue weighted by Gasteiger charge is -2.09. The number of phenols is 2. The molecule has 0 aliphatic rings. The lowest BCUT2D eigenvalue weighted by molar-refractivity contribution is 0.0978. The molecule has 0 aliphatic heterocycles. The van der Waals surface area contributed by atoms with Gasteiger partial charge in [-0.25, -0.2) is 0 Å². The average Bonchev–Trinajstić information content (AvgIpc) is 2.33. The van der Waals surface area contributed by atoms with Crippen LogP contribution >= 0.6 is 15.9 Å². The van der Waals surface area contributed by atoms with E-state index in [2.05, 4.69) is 15.9 Å². The van der Waals surface area contributed by atoms with E-state index in [1.165, 1.54) is 0 Å². The first-order valence-electron chi connectivity index (χ1n) is 5.72. The van der Waals surface area contributed by atoms with E-state index in [1.54, 1.807) is 24.3 Å². The van der Waals surface area contributed by atoms with Gasteiger partial charge in [0.25, 0.3) is 0 Å². The Morgan fingerprint density at radius 1 is 1.22 bits per heavy atom. The van der Waals surface area contributed by atoms with Crippen LogP contribution < -0.4 is 0 Å². The monoisotopic (exact) mass is 308 g/mol. The summed E-state index contributed by atoms with van der Waals surface area (Å²) >= 11 is 3.34. The Kier molecular flexibility index (Phi) is 3.57. The zero-order chi connectivity index (χ0) is 13.3. The van der Waals surface area contributed by atoms with Crippen LogP contribution in [0.3, 0.4) is 0 Å². The fourth-order valence-corrected chi connectivity index (χ4v) is 2.30. The molecule has 0 saturated heterocycles. The van der Waals surface area contributed by atoms with Gasteiger partial charge in [-0.05, 0) is 36.1 Å². The van der Waals surface area contributed by atoms with Crippen molar-refractivity contribution in [3.05, 3.63) is 34.3 Å². The number of carbonyl (C=O) groups excluding carboxylic acids is 1. The summed E-state index contributed by atoms with van der Waals surface area (Å²) in [6, 6.07) is 6.89. The Labute approximate surface area is 113 Å². The summed E-state index contributed by atoms with van der Waals surface area (Å²) in [6.07, 6.45) is 1.06. The predicted octanol–water partition coefficient (Wildman–Crippen LogP) is 4.00. The van der Waals surface area contributed by atoms with E-state index in [9.17, 15) is 15.0 Å². The molecule has 0 fully saturated rings. The number of rotatable bonds is 3. The van der Waals surface area contributed by atoms with Gasteiger partial charge in [0.1, 0.15) is 0 Å². The lowest BCUT2D eigenvalue weighted by atomic mass is 10.00. The van der Waals surface area contributed by atoms with E-state index >= 15 is 0 Å². The molecule has 18 heavy (non-hydrogen) atoms. The number of benzene rings is 2. The molecular weight excluding hydrogens is 296 g/mol. The van der Waals surface area contributed by atoms with Crippen molar-refractivity contribution in [2.24, 2.45) is 0 Å². The summed E-state index contributed by atoms with van der Waals surface area (Å²) < 4.78 is 0.856. The molecule has 0 aliphatic carbocycles. The number of ketones is 1. The molecule has 0 aromatic heterocycles. The van der Waals surface area contributed by atoms with Crippen molar-refractivity contribution in [2.75, 3.05) is 0 Å². The first-order valence-corrected chi connectivity index (χ1v) is 6.51. The minimum atomic E-state index is -0.330. The van der Waals surface area contributed by atoms with Gasteiger partial charge in [0.15, 0.2) is 17.3 Å². The third-order valence-electron chi connectivity index (χ3n) is 2.83. The second kappa shape index (κ2) is 4.98. The van der Waals surface area contributed by atoms with E-state index < -0.39 is 0 Å². The fourth-order valence-electron chi connectivity index (χ4n) is 1.92. The highest BCUT2D eigenvalue weighted by molar-refractivity contribution is 9.10. The normalized spacial score (nSPS) is 10.8. The summed E-state index contributed by atoms with van der Waals surface area (Å²) in [7, 11) is 0. The highest BCUT2D eigenvalue weighted by Gasteiger charge is 2.17. The maximum absolute atomic E-state index is 11.9. The van der Waals surface area contributed by atoms with Crippen LogP contribution in [0.25, 0.3) is 10.8 Å². The fraction of sp³-hybridized carbons (Fsp3) is 0.214. The Morgan fingerprint density at radius 2 is 1.94 bits per heavy atom. The van der Waals surface area contributed by atoms with E-state index in [0.717, 1.165) is 9.86 Å². The van der Waals surface area contributed by atoms with E-state index in [4.69, 9.17) is 0 Å². The van der Waals surface area contributed by atoms with Crippen LogP contribution in [0.5, 0.6) is 11.5 Å². The van der Waals surface area contributed by atoms with Crippen molar-refractivity contribution >= 4 is 32.5 Å². The van der Waals surface area contributed by atoms with Gasteiger partial charge in [-0.3, -0.25) is 4.79 Å². The lowest BCUT2D eigenvalue weighted by Crippen LogP contribution is -1.99. The molecule has 0 saturated carbocycles. The highest BCUT2D eigenvalue weighted by Crippen LogP contribution is 2.38. The first kappa shape index (κ1) is 12.9. The molecule has 0 unspecified atom stereocenters. The summed E-state index contributed by atoms with van der Waals surface area (Å²) in [4.78, 5) is 11.9. The minimum absolute atomic E-state index is 0.160. The van der Waals surface area contributed by atoms with Crippen LogP contribution in [0.4, 0.5) is 0 Å². The molecule has 4 heteroatoms. The summed E-state index contributed by atoms with van der Waals surface area (Å²) in [5, 5.41) is 21.1. The molecule has 0 amide bonds. The van der Waals surface area contributed by atoms with Crippen LogP contribution in [-0.2, 0) is 0 Å². The molecule has 2 aromatic carbocycles. The molecule has 0 spiro atoms. The second-order valence-corrected chi connectivity index (χ2v) is 5.08. The van der Waals surface area contributed by atoms with Gasteiger partial charge in [-0.2, -0.15) is 0 Å². The number of hydrogen-bond donors (Lipinski definition) is 2. The number of carbonyl (C=O) groups is 1. The smallest absolute Gasteiger partial charge is 0.169 e. The molecule has 94 valence electrons. The van der Waals surface area contributed by atoms with Crippen LogP contribution in [0, 0.1) is 0 Å². The van der Waals surface area contributed by atoms with Gasteiger partial charge in [0, 0.05) is 16.3 Å². The number of aromatic hydroxyl groups is 2. The van der Waals surface area contributed by atoms with Crippen molar-refractivity contribution in [1.82, 2.24) is 0 Å². The molecule has 3 nitrogen and oxygen atoms in total. The summed E-state index contributed by atoms with van der Waals surface area (Å²) in [5.74, 6) is -0.727. The van der Waals surface area contributed by atoms with Crippen LogP contribution in [0.2, 0.25) is 0 Å². The van der Waals surface area contributed by atoms with E-state index in [-0.39, 0.29) is 22.8 Å². The maximum atomic E-state index is 11.9. The molecule has 0 heterocycles. The van der Waals surface area contributed by atoms with Crippen LogP contribution in [0.1, 0.15) is 30.1 Å². The summed E-state index contributed by atoms with van der Waals surface area (Å²) in [5.41, 5.74) is 0.181. The predicted molar refractivity (Wildman–Crippen MR) is 74.2 cm³/mol. The Balaban J connectivity index is 2.68. The first-order chi connectivity index (χ1) is 8.54. The number of halogens is 1. The molecular formula is C14H13BrO3. The highest BCUT2D eigenvalue weighted by atomic mass is 79.9. The minimum Gasteiger partial charge on any atom is -0.504 e. The quantitative estimate of drug-likeness (QED) is 0.665. The number of hydrogen-bond acceptors (Lipinski definition) is 3. The van der Waals surface area contributed by atoms with Crippen LogP contribution in [0.15, 0.2) is 28.7 Å². The molecule has 0 radical (unpaired) electrons. The number of fused-ring (bicyclic) bond motifs is 1.